The van der Waals surface area contributed by atoms with Crippen molar-refractivity contribution in [1.82, 2.24) is 15.0 Å². The Bertz CT molecular complexity index is 1340. The highest BCUT2D eigenvalue weighted by Gasteiger charge is 2.37. The van der Waals surface area contributed by atoms with E-state index in [0.717, 1.165) is 20.8 Å². The first-order valence-corrected chi connectivity index (χ1v) is 11.2. The van der Waals surface area contributed by atoms with Crippen LogP contribution in [0, 0.1) is 6.92 Å². The summed E-state index contributed by atoms with van der Waals surface area (Å²) < 4.78 is 49.2. The first-order valence-electron chi connectivity index (χ1n) is 10.3. The maximum absolute atomic E-state index is 14.0. The molecule has 0 saturated carbocycles. The fourth-order valence-corrected chi connectivity index (χ4v) is 5.14. The molecule has 0 bridgehead atoms. The van der Waals surface area contributed by atoms with E-state index in [4.69, 9.17) is 4.74 Å². The minimum Gasteiger partial charge on any atom is -0.466 e. The molecule has 1 atom stereocenters. The van der Waals surface area contributed by atoms with E-state index in [-0.39, 0.29) is 30.7 Å². The standard InChI is InChI=1S/C23H22F3N3O3S/c1-4-32-19(31)10-17(14-7-13-5-6-33-22(13)15(8-14)11-30)16-9-18(23(24,25)26)21-20(12(16)2)27-28-29(21)3/h5-9,17,30H,4,10-11H2,1-3H3. The zero-order chi connectivity index (χ0) is 23.9. The molecular formula is C23H22F3N3O3S. The van der Waals surface area contributed by atoms with Gasteiger partial charge in [0, 0.05) is 17.7 Å². The fourth-order valence-electron chi connectivity index (χ4n) is 4.25. The monoisotopic (exact) mass is 477 g/mol. The molecule has 33 heavy (non-hydrogen) atoms. The van der Waals surface area contributed by atoms with E-state index < -0.39 is 23.6 Å². The van der Waals surface area contributed by atoms with Crippen LogP contribution in [-0.4, -0.2) is 32.7 Å². The van der Waals surface area contributed by atoms with Gasteiger partial charge in [-0.1, -0.05) is 11.3 Å². The van der Waals surface area contributed by atoms with Gasteiger partial charge in [0.25, 0.3) is 0 Å². The number of nitrogens with zero attached hydrogens (tertiary/aromatic N) is 3. The van der Waals surface area contributed by atoms with Crippen molar-refractivity contribution in [3.05, 3.63) is 57.5 Å². The predicted molar refractivity (Wildman–Crippen MR) is 119 cm³/mol. The molecule has 1 unspecified atom stereocenters. The largest absolute Gasteiger partial charge is 0.466 e. The number of aliphatic hydroxyl groups excluding tert-OH is 1. The molecule has 1 N–H and O–H groups in total. The van der Waals surface area contributed by atoms with Crippen molar-refractivity contribution >= 4 is 38.4 Å². The molecule has 2 aromatic carbocycles. The summed E-state index contributed by atoms with van der Waals surface area (Å²) in [7, 11) is 1.41. The number of aryl methyl sites for hydroxylation is 2. The molecule has 0 fully saturated rings. The molecule has 0 amide bonds. The Hall–Kier alpha value is -2.98. The number of carbonyl (C=O) groups excluding carboxylic acids is 1. The lowest BCUT2D eigenvalue weighted by molar-refractivity contribution is -0.143. The number of aromatic nitrogens is 3. The highest BCUT2D eigenvalue weighted by molar-refractivity contribution is 7.17. The SMILES string of the molecule is CCOC(=O)CC(c1cc(CO)c2sccc2c1)c1cc(C(F)(F)F)c2c(nnn2C)c1C. The van der Waals surface area contributed by atoms with Crippen LogP contribution in [0.5, 0.6) is 0 Å². The minimum atomic E-state index is -4.64. The van der Waals surface area contributed by atoms with Gasteiger partial charge < -0.3 is 9.84 Å². The summed E-state index contributed by atoms with van der Waals surface area (Å²) in [6, 6.07) is 6.56. The predicted octanol–water partition coefficient (Wildman–Crippen LogP) is 5.09. The zero-order valence-electron chi connectivity index (χ0n) is 18.2. The number of halogens is 3. The molecule has 4 rings (SSSR count). The topological polar surface area (TPSA) is 77.2 Å². The van der Waals surface area contributed by atoms with Crippen LogP contribution in [0.2, 0.25) is 0 Å². The van der Waals surface area contributed by atoms with E-state index >= 15 is 0 Å². The van der Waals surface area contributed by atoms with Gasteiger partial charge >= 0.3 is 12.1 Å². The van der Waals surface area contributed by atoms with Gasteiger partial charge in [0.2, 0.25) is 0 Å². The Morgan fingerprint density at radius 1 is 1.30 bits per heavy atom. The van der Waals surface area contributed by atoms with E-state index in [1.807, 2.05) is 17.5 Å². The molecule has 4 aromatic rings. The number of benzene rings is 2. The normalized spacial score (nSPS) is 13.1. The number of fused-ring (bicyclic) bond motifs is 2. The summed E-state index contributed by atoms with van der Waals surface area (Å²) in [5, 5.41) is 20.4. The van der Waals surface area contributed by atoms with E-state index in [2.05, 4.69) is 10.3 Å². The Balaban J connectivity index is 1.99. The smallest absolute Gasteiger partial charge is 0.418 e. The molecule has 10 heteroatoms. The third kappa shape index (κ3) is 4.20. The summed E-state index contributed by atoms with van der Waals surface area (Å²) in [4.78, 5) is 12.5. The van der Waals surface area contributed by atoms with Crippen LogP contribution in [0.1, 0.15) is 47.1 Å². The number of hydrogen-bond donors (Lipinski definition) is 1. The van der Waals surface area contributed by atoms with Gasteiger partial charge in [-0.3, -0.25) is 4.79 Å². The van der Waals surface area contributed by atoms with Crippen LogP contribution in [0.25, 0.3) is 21.1 Å². The van der Waals surface area contributed by atoms with Gasteiger partial charge in [0.1, 0.15) is 11.0 Å². The van der Waals surface area contributed by atoms with Crippen LogP contribution < -0.4 is 0 Å². The van der Waals surface area contributed by atoms with Gasteiger partial charge in [-0.25, -0.2) is 4.68 Å². The highest BCUT2D eigenvalue weighted by Crippen LogP contribution is 2.42. The van der Waals surface area contributed by atoms with Gasteiger partial charge in [-0.05, 0) is 65.1 Å². The fraction of sp³-hybridized carbons (Fsp3) is 0.348. The molecule has 0 saturated heterocycles. The van der Waals surface area contributed by atoms with Gasteiger partial charge in [0.15, 0.2) is 0 Å². The van der Waals surface area contributed by atoms with Crippen LogP contribution in [0.4, 0.5) is 13.2 Å². The average molecular weight is 478 g/mol. The number of hydrogen-bond acceptors (Lipinski definition) is 6. The second-order valence-electron chi connectivity index (χ2n) is 7.79. The number of carbonyl (C=O) groups is 1. The van der Waals surface area contributed by atoms with Crippen molar-refractivity contribution in [1.29, 1.82) is 0 Å². The number of ether oxygens (including phenoxy) is 1. The van der Waals surface area contributed by atoms with Crippen molar-refractivity contribution in [3.8, 4) is 0 Å². The lowest BCUT2D eigenvalue weighted by atomic mass is 9.83. The molecule has 0 radical (unpaired) electrons. The summed E-state index contributed by atoms with van der Waals surface area (Å²) in [5.41, 5.74) is 1.27. The van der Waals surface area contributed by atoms with E-state index in [0.29, 0.717) is 22.3 Å². The summed E-state index contributed by atoms with van der Waals surface area (Å²) in [6.45, 7) is 3.29. The summed E-state index contributed by atoms with van der Waals surface area (Å²) in [5.74, 6) is -1.25. The Labute approximate surface area is 191 Å². The van der Waals surface area contributed by atoms with Crippen LogP contribution in [0.15, 0.2) is 29.6 Å². The molecule has 0 aliphatic rings. The highest BCUT2D eigenvalue weighted by atomic mass is 32.1. The molecule has 2 heterocycles. The van der Waals surface area contributed by atoms with Crippen LogP contribution in [-0.2, 0) is 29.4 Å². The Kier molecular flexibility index (Phi) is 6.15. The van der Waals surface area contributed by atoms with Crippen molar-refractivity contribution in [3.63, 3.8) is 0 Å². The van der Waals surface area contributed by atoms with Gasteiger partial charge in [-0.15, -0.1) is 16.4 Å². The second-order valence-corrected chi connectivity index (χ2v) is 8.70. The van der Waals surface area contributed by atoms with Crippen LogP contribution >= 0.6 is 11.3 Å². The molecule has 0 spiro atoms. The van der Waals surface area contributed by atoms with Crippen molar-refractivity contribution < 1.29 is 27.8 Å². The van der Waals surface area contributed by atoms with Crippen molar-refractivity contribution in [2.45, 2.75) is 39.0 Å². The van der Waals surface area contributed by atoms with E-state index in [9.17, 15) is 23.1 Å². The number of thiophene rings is 1. The molecule has 2 aromatic heterocycles. The second kappa shape index (κ2) is 8.75. The summed E-state index contributed by atoms with van der Waals surface area (Å²) >= 11 is 1.47. The lowest BCUT2D eigenvalue weighted by Gasteiger charge is -2.22. The van der Waals surface area contributed by atoms with Gasteiger partial charge in [0.05, 0.1) is 25.2 Å². The number of alkyl halides is 3. The number of rotatable bonds is 6. The minimum absolute atomic E-state index is 0.108. The number of esters is 1. The van der Waals surface area contributed by atoms with Crippen molar-refractivity contribution in [2.24, 2.45) is 7.05 Å². The maximum atomic E-state index is 14.0. The zero-order valence-corrected chi connectivity index (χ0v) is 19.0. The average Bonchev–Trinajstić information content (AvgIpc) is 3.38. The third-order valence-electron chi connectivity index (χ3n) is 5.75. The molecule has 174 valence electrons. The Morgan fingerprint density at radius 3 is 2.73 bits per heavy atom. The molecule has 6 nitrogen and oxygen atoms in total. The summed E-state index contributed by atoms with van der Waals surface area (Å²) in [6.07, 6.45) is -4.80. The Morgan fingerprint density at radius 2 is 2.06 bits per heavy atom. The third-order valence-corrected chi connectivity index (χ3v) is 6.76. The maximum Gasteiger partial charge on any atom is 0.418 e. The van der Waals surface area contributed by atoms with Crippen molar-refractivity contribution in [2.75, 3.05) is 6.61 Å². The molecular weight excluding hydrogens is 455 g/mol. The quantitative estimate of drug-likeness (QED) is 0.392. The van der Waals surface area contributed by atoms with E-state index in [1.165, 1.54) is 18.4 Å². The lowest BCUT2D eigenvalue weighted by Crippen LogP contribution is -2.16. The first-order chi connectivity index (χ1) is 15.7. The molecule has 0 aliphatic heterocycles. The molecule has 0 aliphatic carbocycles. The van der Waals surface area contributed by atoms with E-state index in [1.54, 1.807) is 19.9 Å². The number of aliphatic hydroxyl groups is 1. The van der Waals surface area contributed by atoms with Gasteiger partial charge in [-0.2, -0.15) is 13.2 Å². The van der Waals surface area contributed by atoms with Crippen LogP contribution in [0.3, 0.4) is 0 Å². The first kappa shape index (κ1) is 23.2.